The summed E-state index contributed by atoms with van der Waals surface area (Å²) in [5, 5.41) is 0. The third-order valence-corrected chi connectivity index (χ3v) is 7.86. The Morgan fingerprint density at radius 1 is 1.19 bits per heavy atom. The predicted molar refractivity (Wildman–Crippen MR) is 85.0 cm³/mol. The summed E-state index contributed by atoms with van der Waals surface area (Å²) in [7, 11) is -3.30. The molecule has 118 valence electrons. The number of likely N-dealkylation sites (tertiary alicyclic amines) is 1. The van der Waals surface area contributed by atoms with E-state index in [1.807, 2.05) is 13.0 Å². The van der Waals surface area contributed by atoms with E-state index in [2.05, 4.69) is 4.90 Å². The molecule has 2 N–H and O–H groups in total. The van der Waals surface area contributed by atoms with Gasteiger partial charge >= 0.3 is 0 Å². The van der Waals surface area contributed by atoms with Gasteiger partial charge < -0.3 is 5.73 Å². The number of hydrogen-bond acceptors (Lipinski definition) is 5. The van der Waals surface area contributed by atoms with Crippen LogP contribution in [-0.4, -0.2) is 55.9 Å². The molecule has 5 nitrogen and oxygen atoms in total. The Labute approximate surface area is 130 Å². The summed E-state index contributed by atoms with van der Waals surface area (Å²) in [4.78, 5) is 3.45. The van der Waals surface area contributed by atoms with Crippen molar-refractivity contribution in [3.63, 3.8) is 0 Å². The van der Waals surface area contributed by atoms with E-state index in [1.165, 1.54) is 11.3 Å². The number of thiophene rings is 1. The van der Waals surface area contributed by atoms with E-state index in [0.717, 1.165) is 37.2 Å². The first-order chi connectivity index (χ1) is 9.96. The quantitative estimate of drug-likeness (QED) is 0.906. The van der Waals surface area contributed by atoms with Crippen LogP contribution in [0.5, 0.6) is 0 Å². The van der Waals surface area contributed by atoms with Crippen LogP contribution in [0.3, 0.4) is 0 Å². The highest BCUT2D eigenvalue weighted by molar-refractivity contribution is 7.91. The lowest BCUT2D eigenvalue weighted by Gasteiger charge is -2.34. The van der Waals surface area contributed by atoms with E-state index >= 15 is 0 Å². The number of nitrogens with two attached hydrogens (primary N) is 1. The molecule has 1 aromatic rings. The van der Waals surface area contributed by atoms with Crippen LogP contribution >= 0.6 is 11.3 Å². The molecule has 3 rings (SSSR count). The highest BCUT2D eigenvalue weighted by Crippen LogP contribution is 2.29. The van der Waals surface area contributed by atoms with Crippen molar-refractivity contribution in [3.05, 3.63) is 17.0 Å². The monoisotopic (exact) mass is 329 g/mol. The molecule has 0 saturated carbocycles. The third kappa shape index (κ3) is 3.17. The van der Waals surface area contributed by atoms with Crippen molar-refractivity contribution >= 4 is 21.4 Å². The maximum Gasteiger partial charge on any atom is 0.252 e. The molecule has 1 aromatic heterocycles. The van der Waals surface area contributed by atoms with Gasteiger partial charge in [-0.1, -0.05) is 0 Å². The molecule has 0 spiro atoms. The number of aryl methyl sites for hydroxylation is 1. The first-order valence-corrected chi connectivity index (χ1v) is 9.78. The van der Waals surface area contributed by atoms with Crippen LogP contribution in [0.2, 0.25) is 0 Å². The van der Waals surface area contributed by atoms with E-state index in [0.29, 0.717) is 29.4 Å². The van der Waals surface area contributed by atoms with Gasteiger partial charge in [0.05, 0.1) is 0 Å². The van der Waals surface area contributed by atoms with Crippen LogP contribution in [0.1, 0.15) is 24.1 Å². The van der Waals surface area contributed by atoms with Crippen molar-refractivity contribution < 1.29 is 8.42 Å². The second-order valence-electron chi connectivity index (χ2n) is 6.04. The van der Waals surface area contributed by atoms with Crippen LogP contribution in [0.4, 0.5) is 0 Å². The Kier molecular flexibility index (Phi) is 4.38. The molecule has 0 aliphatic carbocycles. The molecule has 2 aliphatic heterocycles. The van der Waals surface area contributed by atoms with Gasteiger partial charge in [0.2, 0.25) is 0 Å². The van der Waals surface area contributed by atoms with Crippen LogP contribution in [-0.2, 0) is 10.0 Å². The Bertz CT molecular complexity index is 591. The van der Waals surface area contributed by atoms with E-state index < -0.39 is 10.0 Å². The van der Waals surface area contributed by atoms with E-state index in [4.69, 9.17) is 5.73 Å². The maximum absolute atomic E-state index is 12.6. The second kappa shape index (κ2) is 5.96. The van der Waals surface area contributed by atoms with Crippen LogP contribution < -0.4 is 5.73 Å². The molecule has 1 atom stereocenters. The van der Waals surface area contributed by atoms with Crippen molar-refractivity contribution in [1.82, 2.24) is 9.21 Å². The Hall–Kier alpha value is -0.470. The molecular weight excluding hydrogens is 306 g/mol. The highest BCUT2D eigenvalue weighted by atomic mass is 32.2. The summed E-state index contributed by atoms with van der Waals surface area (Å²) in [6.45, 7) is 5.18. The highest BCUT2D eigenvalue weighted by Gasteiger charge is 2.36. The number of nitrogens with zero attached hydrogens (tertiary/aromatic N) is 2. The van der Waals surface area contributed by atoms with Gasteiger partial charge in [0.1, 0.15) is 4.21 Å². The SMILES string of the molecule is Cc1ccc(S(=O)(=O)N2CCC(N3CCC(N)CC3)C2)s1. The fraction of sp³-hybridized carbons (Fsp3) is 0.714. The normalized spacial score (nSPS) is 26.5. The van der Waals surface area contributed by atoms with Crippen LogP contribution in [0.15, 0.2) is 16.3 Å². The molecule has 2 fully saturated rings. The van der Waals surface area contributed by atoms with E-state index in [9.17, 15) is 8.42 Å². The van der Waals surface area contributed by atoms with Crippen LogP contribution in [0, 0.1) is 6.92 Å². The lowest BCUT2D eigenvalue weighted by atomic mass is 10.0. The minimum Gasteiger partial charge on any atom is -0.328 e. The first-order valence-electron chi connectivity index (χ1n) is 7.53. The lowest BCUT2D eigenvalue weighted by molar-refractivity contribution is 0.159. The van der Waals surface area contributed by atoms with Gasteiger partial charge in [0.25, 0.3) is 10.0 Å². The molecule has 21 heavy (non-hydrogen) atoms. The van der Waals surface area contributed by atoms with Crippen molar-refractivity contribution in [1.29, 1.82) is 0 Å². The van der Waals surface area contributed by atoms with Crippen molar-refractivity contribution in [2.75, 3.05) is 26.2 Å². The Morgan fingerprint density at radius 3 is 2.52 bits per heavy atom. The summed E-state index contributed by atoms with van der Waals surface area (Å²) in [5.74, 6) is 0. The van der Waals surface area contributed by atoms with Gasteiger partial charge in [-0.3, -0.25) is 4.90 Å². The maximum atomic E-state index is 12.6. The van der Waals surface area contributed by atoms with Gasteiger partial charge in [0, 0.05) is 30.1 Å². The average molecular weight is 329 g/mol. The smallest absolute Gasteiger partial charge is 0.252 e. The van der Waals surface area contributed by atoms with Gasteiger partial charge in [-0.15, -0.1) is 11.3 Å². The molecular formula is C14H23N3O2S2. The lowest BCUT2D eigenvalue weighted by Crippen LogP contribution is -2.46. The minimum absolute atomic E-state index is 0.316. The van der Waals surface area contributed by atoms with Crippen molar-refractivity contribution in [3.8, 4) is 0 Å². The zero-order valence-electron chi connectivity index (χ0n) is 12.4. The Balaban J connectivity index is 1.66. The number of sulfonamides is 1. The number of piperidine rings is 1. The van der Waals surface area contributed by atoms with E-state index in [-0.39, 0.29) is 0 Å². The molecule has 0 bridgehead atoms. The summed E-state index contributed by atoms with van der Waals surface area (Å²) in [6, 6.07) is 4.27. The molecule has 0 aromatic carbocycles. The van der Waals surface area contributed by atoms with Crippen molar-refractivity contribution in [2.45, 2.75) is 42.5 Å². The van der Waals surface area contributed by atoms with Crippen molar-refractivity contribution in [2.24, 2.45) is 5.73 Å². The zero-order valence-corrected chi connectivity index (χ0v) is 14.0. The van der Waals surface area contributed by atoms with Gasteiger partial charge in [0.15, 0.2) is 0 Å². The average Bonchev–Trinajstić information content (AvgIpc) is 3.09. The second-order valence-corrected chi connectivity index (χ2v) is 9.50. The molecule has 2 saturated heterocycles. The molecule has 2 aliphatic rings. The molecule has 0 amide bonds. The fourth-order valence-electron chi connectivity index (χ4n) is 3.19. The fourth-order valence-corrected chi connectivity index (χ4v) is 6.12. The summed E-state index contributed by atoms with van der Waals surface area (Å²) >= 11 is 1.36. The number of rotatable bonds is 3. The largest absolute Gasteiger partial charge is 0.328 e. The minimum atomic E-state index is -3.30. The zero-order chi connectivity index (χ0) is 15.0. The van der Waals surface area contributed by atoms with Gasteiger partial charge in [-0.05, 0) is 51.4 Å². The molecule has 0 radical (unpaired) electrons. The molecule has 1 unspecified atom stereocenters. The molecule has 3 heterocycles. The first kappa shape index (κ1) is 15.4. The summed E-state index contributed by atoms with van der Waals surface area (Å²) in [6.07, 6.45) is 2.97. The topological polar surface area (TPSA) is 66.6 Å². The predicted octanol–water partition coefficient (Wildman–Crippen LogP) is 1.24. The van der Waals surface area contributed by atoms with Crippen LogP contribution in [0.25, 0.3) is 0 Å². The summed E-state index contributed by atoms with van der Waals surface area (Å²) < 4.78 is 27.4. The third-order valence-electron chi connectivity index (χ3n) is 4.53. The van der Waals surface area contributed by atoms with Gasteiger partial charge in [-0.25, -0.2) is 8.42 Å². The number of hydrogen-bond donors (Lipinski definition) is 1. The van der Waals surface area contributed by atoms with Gasteiger partial charge in [-0.2, -0.15) is 4.31 Å². The molecule has 7 heteroatoms. The Morgan fingerprint density at radius 2 is 1.90 bits per heavy atom. The van der Waals surface area contributed by atoms with E-state index in [1.54, 1.807) is 10.4 Å². The summed E-state index contributed by atoms with van der Waals surface area (Å²) in [5.41, 5.74) is 5.94. The standard InChI is InChI=1S/C14H23N3O2S2/c1-11-2-3-14(20-11)21(18,19)17-9-6-13(10-17)16-7-4-12(15)5-8-16/h2-3,12-13H,4-10,15H2,1H3.